The van der Waals surface area contributed by atoms with Crippen molar-refractivity contribution in [3.05, 3.63) is 66.0 Å². The molecule has 3 fully saturated rings. The second-order valence-electron chi connectivity index (χ2n) is 13.5. The number of hydrogen-bond donors (Lipinski definition) is 7. The van der Waals surface area contributed by atoms with Crippen LogP contribution in [0.25, 0.3) is 22.3 Å². The van der Waals surface area contributed by atoms with E-state index in [2.05, 4.69) is 37.6 Å². The third-order valence-corrected chi connectivity index (χ3v) is 10.1. The van der Waals surface area contributed by atoms with Gasteiger partial charge >= 0.3 is 6.03 Å². The van der Waals surface area contributed by atoms with Gasteiger partial charge in [0, 0.05) is 44.7 Å². The van der Waals surface area contributed by atoms with E-state index in [0.717, 1.165) is 36.2 Å². The molecule has 2 aliphatic heterocycles. The Balaban J connectivity index is 1.14. The number of amides is 3. The maximum Gasteiger partial charge on any atom is 0.315 e. The molecule has 3 aliphatic rings. The van der Waals surface area contributed by atoms with E-state index in [1.807, 2.05) is 47.4 Å². The van der Waals surface area contributed by atoms with Gasteiger partial charge in [0.15, 0.2) is 17.0 Å². The first-order chi connectivity index (χ1) is 24.8. The van der Waals surface area contributed by atoms with E-state index in [-0.39, 0.29) is 30.4 Å². The molecule has 4 heterocycles. The number of aliphatic hydroxyl groups excluding tert-OH is 2. The second kappa shape index (κ2) is 14.9. The van der Waals surface area contributed by atoms with E-state index in [0.29, 0.717) is 61.0 Å². The number of carbonyl (C=O) groups excluding carboxylic acids is 2. The Morgan fingerprint density at radius 2 is 1.82 bits per heavy atom. The zero-order valence-corrected chi connectivity index (χ0v) is 28.4. The molecular weight excluding hydrogens is 650 g/mol. The van der Waals surface area contributed by atoms with Gasteiger partial charge < -0.3 is 46.3 Å². The molecule has 1 saturated carbocycles. The fourth-order valence-electron chi connectivity index (χ4n) is 7.22. The molecule has 2 saturated heterocycles. The van der Waals surface area contributed by atoms with E-state index < -0.39 is 24.3 Å². The van der Waals surface area contributed by atoms with Crippen LogP contribution in [-0.4, -0.2) is 98.2 Å². The standard InChI is InChI=1S/C36H43N11O4/c1-2-29(48)43-27-15-28(32(50)31(27)49)47-20-40-30-33(39-17-21-7-9-22(10-8-21)26-6-4-3-5-23(26)16-37)44-35(45-34(30)47)46-14-12-25(19-46)42-36(51)41-24-11-13-38-18-24/h3-10,20,24-25,27-28,31-32,38,49-50H,2,11-15,17-19H2,1H3,(H,43,48)(H,39,44,45)(H2,41,42,51)/t24-,25+,27+,28-,31-,32+/m1/s1. The van der Waals surface area contributed by atoms with Crippen LogP contribution in [-0.2, 0) is 11.3 Å². The fraction of sp³-hybridized carbons (Fsp3) is 0.444. The summed E-state index contributed by atoms with van der Waals surface area (Å²) in [5.74, 6) is 0.745. The first-order valence-electron chi connectivity index (χ1n) is 17.6. The maximum atomic E-state index is 12.7. The van der Waals surface area contributed by atoms with Crippen molar-refractivity contribution in [3.8, 4) is 17.2 Å². The Bertz CT molecular complexity index is 1920. The minimum atomic E-state index is -1.15. The van der Waals surface area contributed by atoms with Crippen LogP contribution in [0.15, 0.2) is 54.9 Å². The maximum absolute atomic E-state index is 12.7. The van der Waals surface area contributed by atoms with Crippen LogP contribution in [0.3, 0.4) is 0 Å². The highest BCUT2D eigenvalue weighted by Gasteiger charge is 2.44. The first kappa shape index (κ1) is 34.2. The van der Waals surface area contributed by atoms with Gasteiger partial charge in [-0.05, 0) is 48.6 Å². The summed E-state index contributed by atoms with van der Waals surface area (Å²) in [5, 5.41) is 47.1. The van der Waals surface area contributed by atoms with Crippen LogP contribution in [0.4, 0.5) is 16.6 Å². The Kier molecular flexibility index (Phi) is 9.98. The fourth-order valence-corrected chi connectivity index (χ4v) is 7.22. The Morgan fingerprint density at radius 1 is 1.02 bits per heavy atom. The van der Waals surface area contributed by atoms with Crippen molar-refractivity contribution in [2.45, 2.75) is 75.5 Å². The highest BCUT2D eigenvalue weighted by molar-refractivity contribution is 5.85. The lowest BCUT2D eigenvalue weighted by Crippen LogP contribution is -2.47. The lowest BCUT2D eigenvalue weighted by atomic mass is 9.99. The molecule has 7 N–H and O–H groups in total. The van der Waals surface area contributed by atoms with Crippen molar-refractivity contribution >= 4 is 34.9 Å². The van der Waals surface area contributed by atoms with Gasteiger partial charge in [-0.2, -0.15) is 15.2 Å². The van der Waals surface area contributed by atoms with Gasteiger partial charge in [0.25, 0.3) is 0 Å². The zero-order valence-electron chi connectivity index (χ0n) is 28.4. The van der Waals surface area contributed by atoms with E-state index in [1.54, 1.807) is 23.9 Å². The summed E-state index contributed by atoms with van der Waals surface area (Å²) in [6, 6.07) is 16.3. The monoisotopic (exact) mass is 693 g/mol. The number of nitrogens with zero attached hydrogens (tertiary/aromatic N) is 6. The number of benzene rings is 2. The number of urea groups is 1. The van der Waals surface area contributed by atoms with Crippen LogP contribution < -0.4 is 31.5 Å². The van der Waals surface area contributed by atoms with Crippen molar-refractivity contribution in [2.24, 2.45) is 0 Å². The number of rotatable bonds is 10. The summed E-state index contributed by atoms with van der Waals surface area (Å²) in [7, 11) is 0. The molecule has 3 amide bonds. The molecule has 15 nitrogen and oxygen atoms in total. The van der Waals surface area contributed by atoms with Gasteiger partial charge in [-0.15, -0.1) is 0 Å². The molecular formula is C36H43N11O4. The van der Waals surface area contributed by atoms with E-state index in [9.17, 15) is 25.1 Å². The average molecular weight is 694 g/mol. The number of aromatic nitrogens is 4. The molecule has 0 unspecified atom stereocenters. The van der Waals surface area contributed by atoms with Gasteiger partial charge in [0.2, 0.25) is 11.9 Å². The quantitative estimate of drug-likeness (QED) is 0.128. The Labute approximate surface area is 295 Å². The second-order valence-corrected chi connectivity index (χ2v) is 13.5. The zero-order chi connectivity index (χ0) is 35.5. The van der Waals surface area contributed by atoms with Gasteiger partial charge in [-0.25, -0.2) is 9.78 Å². The summed E-state index contributed by atoms with van der Waals surface area (Å²) < 4.78 is 1.76. The molecule has 2 aromatic carbocycles. The normalized spacial score (nSPS) is 24.4. The average Bonchev–Trinajstić information content (AvgIpc) is 3.97. The van der Waals surface area contributed by atoms with Crippen LogP contribution in [0.2, 0.25) is 0 Å². The number of anilines is 2. The van der Waals surface area contributed by atoms with E-state index in [1.165, 1.54) is 0 Å². The largest absolute Gasteiger partial charge is 0.388 e. The lowest BCUT2D eigenvalue weighted by Gasteiger charge is -2.21. The summed E-state index contributed by atoms with van der Waals surface area (Å²) >= 11 is 0. The Hall–Kier alpha value is -5.30. The summed E-state index contributed by atoms with van der Waals surface area (Å²) in [6.07, 6.45) is 1.47. The molecule has 51 heavy (non-hydrogen) atoms. The van der Waals surface area contributed by atoms with Crippen molar-refractivity contribution in [2.75, 3.05) is 36.4 Å². The van der Waals surface area contributed by atoms with Gasteiger partial charge in [0.1, 0.15) is 12.2 Å². The smallest absolute Gasteiger partial charge is 0.315 e. The Morgan fingerprint density at radius 3 is 2.59 bits per heavy atom. The SMILES string of the molecule is CCC(=O)N[C@H]1C[C@@H](n2cnc3c(NCc4ccc(-c5ccccc5C#N)cc4)nc(N4CC[C@H](NC(=O)N[C@@H]5CCNC5)C4)nc32)[C@H](O)[C@@H]1O. The number of imidazole rings is 1. The number of nitrogens with one attached hydrogen (secondary N) is 5. The molecule has 0 bridgehead atoms. The number of aliphatic hydroxyl groups is 2. The lowest BCUT2D eigenvalue weighted by molar-refractivity contribution is -0.122. The van der Waals surface area contributed by atoms with Crippen LogP contribution in [0.1, 0.15) is 49.8 Å². The van der Waals surface area contributed by atoms with Crippen molar-refractivity contribution in [1.82, 2.24) is 40.8 Å². The highest BCUT2D eigenvalue weighted by atomic mass is 16.3. The molecule has 15 heteroatoms. The minimum Gasteiger partial charge on any atom is -0.388 e. The van der Waals surface area contributed by atoms with E-state index >= 15 is 0 Å². The van der Waals surface area contributed by atoms with Crippen LogP contribution >= 0.6 is 0 Å². The number of fused-ring (bicyclic) bond motifs is 1. The molecule has 7 rings (SSSR count). The molecule has 1 aliphatic carbocycles. The topological polar surface area (TPSA) is 205 Å². The predicted molar refractivity (Wildman–Crippen MR) is 191 cm³/mol. The third-order valence-electron chi connectivity index (χ3n) is 10.1. The van der Waals surface area contributed by atoms with Crippen molar-refractivity contribution in [1.29, 1.82) is 5.26 Å². The van der Waals surface area contributed by atoms with Crippen LogP contribution in [0, 0.1) is 11.3 Å². The minimum absolute atomic E-state index is 0.0978. The highest BCUT2D eigenvalue weighted by Crippen LogP contribution is 2.35. The molecule has 6 atom stereocenters. The molecule has 266 valence electrons. The van der Waals surface area contributed by atoms with E-state index in [4.69, 9.17) is 9.97 Å². The third kappa shape index (κ3) is 7.29. The number of carbonyl (C=O) groups is 2. The summed E-state index contributed by atoms with van der Waals surface area (Å²) in [5.41, 5.74) is 4.39. The summed E-state index contributed by atoms with van der Waals surface area (Å²) in [6.45, 7) is 4.95. The van der Waals surface area contributed by atoms with Crippen LogP contribution in [0.5, 0.6) is 0 Å². The van der Waals surface area contributed by atoms with Gasteiger partial charge in [0.05, 0.1) is 30.0 Å². The predicted octanol–water partition coefficient (Wildman–Crippen LogP) is 1.78. The van der Waals surface area contributed by atoms with Gasteiger partial charge in [-0.1, -0.05) is 49.4 Å². The van der Waals surface area contributed by atoms with Crippen molar-refractivity contribution in [3.63, 3.8) is 0 Å². The number of nitriles is 1. The molecule has 0 radical (unpaired) electrons. The molecule has 0 spiro atoms. The number of hydrogen-bond acceptors (Lipinski definition) is 11. The molecule has 4 aromatic rings. The van der Waals surface area contributed by atoms with Gasteiger partial charge in [-0.3, -0.25) is 4.79 Å². The molecule has 2 aromatic heterocycles. The van der Waals surface area contributed by atoms with Crippen molar-refractivity contribution < 1.29 is 19.8 Å². The summed E-state index contributed by atoms with van der Waals surface area (Å²) in [4.78, 5) is 41.4. The first-order valence-corrected chi connectivity index (χ1v) is 17.6.